The number of hydrogen-bond donors (Lipinski definition) is 1. The minimum absolute atomic E-state index is 0.0773. The van der Waals surface area contributed by atoms with Crippen molar-refractivity contribution in [3.63, 3.8) is 0 Å². The number of amides is 1. The summed E-state index contributed by atoms with van der Waals surface area (Å²) in [7, 11) is 0. The number of hydrogen-bond acceptors (Lipinski definition) is 4. The molecule has 1 fully saturated rings. The molecule has 2 N–H and O–H groups in total. The summed E-state index contributed by atoms with van der Waals surface area (Å²) < 4.78 is 0. The van der Waals surface area contributed by atoms with Crippen LogP contribution in [0.15, 0.2) is 12.3 Å². The number of likely N-dealkylation sites (tertiary alicyclic amines) is 1. The maximum absolute atomic E-state index is 12.7. The van der Waals surface area contributed by atoms with Crippen LogP contribution in [0.1, 0.15) is 41.4 Å². The number of aryl methyl sites for hydroxylation is 1. The molecule has 0 bridgehead atoms. The van der Waals surface area contributed by atoms with Gasteiger partial charge < -0.3 is 10.6 Å². The highest BCUT2D eigenvalue weighted by Gasteiger charge is 2.29. The van der Waals surface area contributed by atoms with Crippen LogP contribution >= 0.6 is 11.3 Å². The van der Waals surface area contributed by atoms with Gasteiger partial charge in [-0.15, -0.1) is 11.3 Å². The molecule has 5 heteroatoms. The monoisotopic (exact) mass is 303 g/mol. The Hall–Kier alpha value is -1.62. The van der Waals surface area contributed by atoms with Crippen LogP contribution in [0.2, 0.25) is 0 Å². The number of fused-ring (bicyclic) bond motifs is 1. The first kappa shape index (κ1) is 14.3. The predicted molar refractivity (Wildman–Crippen MR) is 87.7 cm³/mol. The minimum atomic E-state index is 0.0773. The van der Waals surface area contributed by atoms with E-state index in [-0.39, 0.29) is 5.91 Å². The van der Waals surface area contributed by atoms with Crippen molar-refractivity contribution in [3.05, 3.63) is 22.7 Å². The molecule has 0 radical (unpaired) electrons. The second-order valence-corrected chi connectivity index (χ2v) is 6.85. The Kier molecular flexibility index (Phi) is 3.85. The predicted octanol–water partition coefficient (Wildman–Crippen LogP) is 3.45. The molecule has 1 saturated heterocycles. The van der Waals surface area contributed by atoms with Crippen molar-refractivity contribution in [2.45, 2.75) is 33.1 Å². The molecule has 0 saturated carbocycles. The van der Waals surface area contributed by atoms with Crippen LogP contribution in [0.4, 0.5) is 5.69 Å². The van der Waals surface area contributed by atoms with Crippen LogP contribution in [-0.4, -0.2) is 28.9 Å². The average Bonchev–Trinajstić information content (AvgIpc) is 3.05. The van der Waals surface area contributed by atoms with Crippen molar-refractivity contribution >= 4 is 33.1 Å². The van der Waals surface area contributed by atoms with Gasteiger partial charge in [0, 0.05) is 24.7 Å². The summed E-state index contributed by atoms with van der Waals surface area (Å²) in [5.41, 5.74) is 7.91. The minimum Gasteiger partial charge on any atom is -0.397 e. The zero-order chi connectivity index (χ0) is 15.0. The van der Waals surface area contributed by atoms with Crippen molar-refractivity contribution in [2.75, 3.05) is 18.8 Å². The number of carbonyl (C=O) groups is 1. The Morgan fingerprint density at radius 2 is 2.38 bits per heavy atom. The van der Waals surface area contributed by atoms with E-state index in [1.807, 2.05) is 17.9 Å². The van der Waals surface area contributed by atoms with Gasteiger partial charge in [0.2, 0.25) is 0 Å². The topological polar surface area (TPSA) is 59.2 Å². The molecule has 4 nitrogen and oxygen atoms in total. The van der Waals surface area contributed by atoms with Gasteiger partial charge in [0.15, 0.2) is 0 Å². The number of rotatable bonds is 3. The van der Waals surface area contributed by atoms with E-state index in [1.165, 1.54) is 24.2 Å². The first-order valence-electron chi connectivity index (χ1n) is 7.54. The molecule has 1 amide bonds. The number of pyridine rings is 1. The molecule has 2 aromatic heterocycles. The van der Waals surface area contributed by atoms with Gasteiger partial charge in [0.25, 0.3) is 5.91 Å². The van der Waals surface area contributed by atoms with Gasteiger partial charge in [-0.05, 0) is 37.3 Å². The summed E-state index contributed by atoms with van der Waals surface area (Å²) in [5, 5.41) is 0.940. The number of thiophene rings is 1. The molecule has 2 aromatic rings. The molecule has 1 aliphatic rings. The van der Waals surface area contributed by atoms with E-state index in [4.69, 9.17) is 5.73 Å². The largest absolute Gasteiger partial charge is 0.397 e. The highest BCUT2D eigenvalue weighted by Crippen LogP contribution is 2.36. The van der Waals surface area contributed by atoms with E-state index in [2.05, 4.69) is 11.9 Å². The van der Waals surface area contributed by atoms with E-state index < -0.39 is 0 Å². The third kappa shape index (κ3) is 2.50. The maximum Gasteiger partial charge on any atom is 0.266 e. The molecular weight excluding hydrogens is 282 g/mol. The molecule has 0 aliphatic carbocycles. The van der Waals surface area contributed by atoms with E-state index in [1.54, 1.807) is 6.20 Å². The number of carbonyl (C=O) groups excluding carboxylic acids is 1. The Labute approximate surface area is 129 Å². The lowest BCUT2D eigenvalue weighted by Gasteiger charge is -2.15. The molecule has 112 valence electrons. The van der Waals surface area contributed by atoms with Gasteiger partial charge in [-0.25, -0.2) is 4.98 Å². The van der Waals surface area contributed by atoms with Gasteiger partial charge in [-0.3, -0.25) is 4.79 Å². The van der Waals surface area contributed by atoms with Crippen LogP contribution in [0, 0.1) is 12.8 Å². The van der Waals surface area contributed by atoms with Gasteiger partial charge in [0.1, 0.15) is 9.71 Å². The van der Waals surface area contributed by atoms with Gasteiger partial charge in [0.05, 0.1) is 5.69 Å². The fourth-order valence-electron chi connectivity index (χ4n) is 3.17. The van der Waals surface area contributed by atoms with E-state index >= 15 is 0 Å². The van der Waals surface area contributed by atoms with Crippen LogP contribution in [0.5, 0.6) is 0 Å². The third-order valence-electron chi connectivity index (χ3n) is 4.30. The average molecular weight is 303 g/mol. The smallest absolute Gasteiger partial charge is 0.266 e. The van der Waals surface area contributed by atoms with Gasteiger partial charge in [-0.2, -0.15) is 0 Å². The van der Waals surface area contributed by atoms with Crippen LogP contribution in [-0.2, 0) is 0 Å². The first-order chi connectivity index (χ1) is 10.1. The molecule has 0 aromatic carbocycles. The highest BCUT2D eigenvalue weighted by atomic mass is 32.1. The number of nitrogens with two attached hydrogens (primary N) is 1. The number of aromatic nitrogens is 1. The molecule has 1 unspecified atom stereocenters. The first-order valence-corrected chi connectivity index (χ1v) is 8.36. The van der Waals surface area contributed by atoms with Gasteiger partial charge >= 0.3 is 0 Å². The highest BCUT2D eigenvalue weighted by molar-refractivity contribution is 7.21. The summed E-state index contributed by atoms with van der Waals surface area (Å²) in [4.78, 5) is 20.5. The van der Waals surface area contributed by atoms with Crippen LogP contribution < -0.4 is 5.73 Å². The van der Waals surface area contributed by atoms with E-state index in [9.17, 15) is 4.79 Å². The van der Waals surface area contributed by atoms with Gasteiger partial charge in [-0.1, -0.05) is 13.3 Å². The van der Waals surface area contributed by atoms with Crippen LogP contribution in [0.25, 0.3) is 10.2 Å². The van der Waals surface area contributed by atoms with Crippen LogP contribution in [0.3, 0.4) is 0 Å². The van der Waals surface area contributed by atoms with Crippen molar-refractivity contribution < 1.29 is 4.79 Å². The lowest BCUT2D eigenvalue weighted by Crippen LogP contribution is -2.28. The Morgan fingerprint density at radius 1 is 1.57 bits per heavy atom. The Bertz CT molecular complexity index is 679. The molecule has 1 aliphatic heterocycles. The van der Waals surface area contributed by atoms with E-state index in [0.717, 1.165) is 35.3 Å². The third-order valence-corrected chi connectivity index (χ3v) is 5.40. The second kappa shape index (κ2) is 5.64. The van der Waals surface area contributed by atoms with Crippen molar-refractivity contribution in [3.8, 4) is 0 Å². The maximum atomic E-state index is 12.7. The van der Waals surface area contributed by atoms with Crippen molar-refractivity contribution in [2.24, 2.45) is 5.92 Å². The van der Waals surface area contributed by atoms with E-state index in [0.29, 0.717) is 16.5 Å². The summed E-state index contributed by atoms with van der Waals surface area (Å²) in [6.07, 6.45) is 5.27. The quantitative estimate of drug-likeness (QED) is 0.944. The SMILES string of the molecule is CCCC1CCN(C(=O)c2sc3nccc(C)c3c2N)C1. The zero-order valence-corrected chi connectivity index (χ0v) is 13.4. The number of nitrogens with zero attached hydrogens (tertiary/aromatic N) is 2. The summed E-state index contributed by atoms with van der Waals surface area (Å²) in [6, 6.07) is 1.94. The Balaban J connectivity index is 1.89. The standard InChI is InChI=1S/C16H21N3OS/c1-3-4-11-6-8-19(9-11)16(20)14-13(17)12-10(2)5-7-18-15(12)21-14/h5,7,11H,3-4,6,8-9,17H2,1-2H3. The fourth-order valence-corrected chi connectivity index (χ4v) is 4.28. The van der Waals surface area contributed by atoms with Crippen molar-refractivity contribution in [1.29, 1.82) is 0 Å². The Morgan fingerprint density at radius 3 is 3.10 bits per heavy atom. The normalized spacial score (nSPS) is 18.6. The summed E-state index contributed by atoms with van der Waals surface area (Å²) in [6.45, 7) is 5.92. The lowest BCUT2D eigenvalue weighted by atomic mass is 10.0. The molecule has 0 spiro atoms. The fraction of sp³-hybridized carbons (Fsp3) is 0.500. The number of nitrogen functional groups attached to an aromatic ring is 1. The number of anilines is 1. The lowest BCUT2D eigenvalue weighted by molar-refractivity contribution is 0.0792. The zero-order valence-electron chi connectivity index (χ0n) is 12.6. The molecular formula is C16H21N3OS. The summed E-state index contributed by atoms with van der Waals surface area (Å²) >= 11 is 1.42. The molecule has 3 heterocycles. The second-order valence-electron chi connectivity index (χ2n) is 5.85. The van der Waals surface area contributed by atoms with Crippen molar-refractivity contribution in [1.82, 2.24) is 9.88 Å². The molecule has 21 heavy (non-hydrogen) atoms. The molecule has 1 atom stereocenters. The molecule has 3 rings (SSSR count). The summed E-state index contributed by atoms with van der Waals surface area (Å²) in [5.74, 6) is 0.725.